The van der Waals surface area contributed by atoms with Crippen molar-refractivity contribution in [2.75, 3.05) is 26.2 Å². The van der Waals surface area contributed by atoms with Gasteiger partial charge in [-0.3, -0.25) is 0 Å². The first-order chi connectivity index (χ1) is 14.6. The lowest BCUT2D eigenvalue weighted by Gasteiger charge is -2.32. The molecule has 0 unspecified atom stereocenters. The number of piperidine rings is 1. The van der Waals surface area contributed by atoms with Crippen molar-refractivity contribution >= 4 is 6.03 Å². The molecule has 2 amide bonds. The second-order valence-corrected chi connectivity index (χ2v) is 7.72. The fraction of sp³-hybridized carbons (Fsp3) is 0.591. The fourth-order valence-electron chi connectivity index (χ4n) is 3.33. The first-order valence-corrected chi connectivity index (χ1v) is 10.8. The van der Waals surface area contributed by atoms with Crippen molar-refractivity contribution in [3.05, 3.63) is 36.0 Å². The van der Waals surface area contributed by atoms with Gasteiger partial charge in [0.2, 0.25) is 5.89 Å². The number of nitrogens with zero attached hydrogens (tertiary/aromatic N) is 3. The number of hydrogen-bond donors (Lipinski definition) is 1. The van der Waals surface area contributed by atoms with Gasteiger partial charge in [0, 0.05) is 44.8 Å². The molecule has 164 valence electrons. The molecule has 3 rings (SSSR count). The number of carbonyl (C=O) groups excluding carboxylic acids is 1. The predicted octanol–water partition coefficient (Wildman–Crippen LogP) is 3.78. The van der Waals surface area contributed by atoms with Crippen LogP contribution in [0.15, 0.2) is 28.8 Å². The number of hydrogen-bond acceptors (Lipinski definition) is 6. The Hall–Kier alpha value is -2.77. The van der Waals surface area contributed by atoms with Crippen LogP contribution in [0.2, 0.25) is 0 Å². The number of ether oxygens (including phenoxy) is 2. The molecule has 1 saturated heterocycles. The fourth-order valence-corrected chi connectivity index (χ4v) is 3.33. The summed E-state index contributed by atoms with van der Waals surface area (Å²) in [6.07, 6.45) is 3.11. The number of nitrogens with one attached hydrogen (secondary N) is 1. The van der Waals surface area contributed by atoms with Crippen LogP contribution in [0.5, 0.6) is 11.5 Å². The van der Waals surface area contributed by atoms with Crippen LogP contribution in [0.1, 0.15) is 57.7 Å². The molecule has 1 aromatic carbocycles. The summed E-state index contributed by atoms with van der Waals surface area (Å²) in [6.45, 7) is 8.55. The first-order valence-electron chi connectivity index (χ1n) is 10.8. The van der Waals surface area contributed by atoms with E-state index in [0.29, 0.717) is 38.6 Å². The van der Waals surface area contributed by atoms with Gasteiger partial charge in [-0.1, -0.05) is 31.1 Å². The van der Waals surface area contributed by atoms with Crippen molar-refractivity contribution in [3.63, 3.8) is 0 Å². The van der Waals surface area contributed by atoms with Crippen LogP contribution in [0, 0.1) is 0 Å². The molecule has 8 heteroatoms. The summed E-state index contributed by atoms with van der Waals surface area (Å²) in [6, 6.07) is 7.69. The maximum absolute atomic E-state index is 12.4. The highest BCUT2D eigenvalue weighted by Crippen LogP contribution is 2.29. The van der Waals surface area contributed by atoms with E-state index in [1.54, 1.807) is 0 Å². The Morgan fingerprint density at radius 1 is 1.27 bits per heavy atom. The molecule has 0 atom stereocenters. The van der Waals surface area contributed by atoms with E-state index in [-0.39, 0.29) is 18.1 Å². The number of urea groups is 1. The molecule has 2 heterocycles. The van der Waals surface area contributed by atoms with Gasteiger partial charge in [0.1, 0.15) is 6.10 Å². The van der Waals surface area contributed by atoms with Gasteiger partial charge < -0.3 is 24.2 Å². The summed E-state index contributed by atoms with van der Waals surface area (Å²) in [5, 5.41) is 6.93. The van der Waals surface area contributed by atoms with E-state index in [1.165, 1.54) is 0 Å². The van der Waals surface area contributed by atoms with Crippen LogP contribution in [0.25, 0.3) is 0 Å². The molecular weight excluding hydrogens is 384 g/mol. The number of carbonyl (C=O) groups is 1. The van der Waals surface area contributed by atoms with E-state index in [0.717, 1.165) is 36.6 Å². The average molecular weight is 417 g/mol. The molecule has 1 aromatic heterocycles. The van der Waals surface area contributed by atoms with Gasteiger partial charge in [-0.25, -0.2) is 4.79 Å². The molecule has 0 spiro atoms. The van der Waals surface area contributed by atoms with Crippen LogP contribution in [-0.2, 0) is 6.42 Å². The Bertz CT molecular complexity index is 800. The lowest BCUT2D eigenvalue weighted by Crippen LogP contribution is -2.46. The van der Waals surface area contributed by atoms with E-state index in [4.69, 9.17) is 14.0 Å². The molecule has 0 aliphatic carbocycles. The third-order valence-electron chi connectivity index (χ3n) is 5.02. The van der Waals surface area contributed by atoms with Crippen LogP contribution >= 0.6 is 0 Å². The van der Waals surface area contributed by atoms with Crippen molar-refractivity contribution in [2.24, 2.45) is 0 Å². The molecule has 8 nitrogen and oxygen atoms in total. The summed E-state index contributed by atoms with van der Waals surface area (Å²) in [4.78, 5) is 18.6. The molecule has 1 aliphatic rings. The zero-order valence-electron chi connectivity index (χ0n) is 18.1. The number of aryl methyl sites for hydroxylation is 1. The molecule has 0 radical (unpaired) electrons. The summed E-state index contributed by atoms with van der Waals surface area (Å²) in [7, 11) is 0. The molecule has 1 aliphatic heterocycles. The minimum Gasteiger partial charge on any atom is -0.490 e. The van der Waals surface area contributed by atoms with E-state index in [9.17, 15) is 4.79 Å². The monoisotopic (exact) mass is 416 g/mol. The zero-order valence-corrected chi connectivity index (χ0v) is 18.1. The van der Waals surface area contributed by atoms with Gasteiger partial charge in [0.05, 0.1) is 6.61 Å². The Labute approximate surface area is 177 Å². The maximum atomic E-state index is 12.4. The summed E-state index contributed by atoms with van der Waals surface area (Å²) >= 11 is 0. The van der Waals surface area contributed by atoms with E-state index in [2.05, 4.69) is 15.5 Å². The molecule has 1 fully saturated rings. The Kier molecular flexibility index (Phi) is 7.93. The molecule has 2 aromatic rings. The minimum absolute atomic E-state index is 0.0310. The first kappa shape index (κ1) is 21.9. The minimum atomic E-state index is -0.0310. The highest BCUT2D eigenvalue weighted by Gasteiger charge is 2.24. The largest absolute Gasteiger partial charge is 0.490 e. The Balaban J connectivity index is 1.36. The molecule has 1 N–H and O–H groups in total. The lowest BCUT2D eigenvalue weighted by molar-refractivity contribution is 0.107. The zero-order chi connectivity index (χ0) is 21.3. The topological polar surface area (TPSA) is 89.7 Å². The van der Waals surface area contributed by atoms with Gasteiger partial charge >= 0.3 is 6.03 Å². The average Bonchev–Trinajstić information content (AvgIpc) is 3.23. The Morgan fingerprint density at radius 3 is 2.67 bits per heavy atom. The van der Waals surface area contributed by atoms with Gasteiger partial charge in [-0.2, -0.15) is 4.98 Å². The second-order valence-electron chi connectivity index (χ2n) is 7.72. The third kappa shape index (κ3) is 6.11. The number of likely N-dealkylation sites (tertiary alicyclic amines) is 1. The van der Waals surface area contributed by atoms with Crippen LogP contribution < -0.4 is 14.8 Å². The van der Waals surface area contributed by atoms with Gasteiger partial charge in [0.25, 0.3) is 0 Å². The molecular formula is C22H32N4O4. The molecule has 0 bridgehead atoms. The quantitative estimate of drug-likeness (QED) is 0.626. The van der Waals surface area contributed by atoms with Crippen molar-refractivity contribution in [2.45, 2.75) is 58.5 Å². The Morgan fingerprint density at radius 2 is 2.00 bits per heavy atom. The van der Waals surface area contributed by atoms with Crippen LogP contribution in [0.3, 0.4) is 0 Å². The third-order valence-corrected chi connectivity index (χ3v) is 5.02. The smallest absolute Gasteiger partial charge is 0.317 e. The number of amides is 2. The van der Waals surface area contributed by atoms with E-state index < -0.39 is 0 Å². The van der Waals surface area contributed by atoms with Crippen molar-refractivity contribution in [1.29, 1.82) is 0 Å². The van der Waals surface area contributed by atoms with Crippen molar-refractivity contribution in [1.82, 2.24) is 20.4 Å². The summed E-state index contributed by atoms with van der Waals surface area (Å²) in [5.41, 5.74) is 0. The van der Waals surface area contributed by atoms with Crippen molar-refractivity contribution < 1.29 is 18.8 Å². The van der Waals surface area contributed by atoms with Gasteiger partial charge in [-0.15, -0.1) is 0 Å². The number of para-hydroxylation sites is 2. The lowest BCUT2D eigenvalue weighted by atomic mass is 10.1. The highest BCUT2D eigenvalue weighted by atomic mass is 16.5. The summed E-state index contributed by atoms with van der Waals surface area (Å²) in [5.74, 6) is 3.13. The standard InChI is InChI=1S/C22H32N4O4/c1-4-28-18-8-5-6-9-19(18)29-17-11-14-26(15-12-17)22(27)23-13-7-10-20-24-21(16(2)3)25-30-20/h5-6,8-9,16-17H,4,7,10-15H2,1-3H3,(H,23,27). The number of aromatic nitrogens is 2. The number of rotatable bonds is 9. The van der Waals surface area contributed by atoms with Crippen LogP contribution in [-0.4, -0.2) is 53.4 Å². The summed E-state index contributed by atoms with van der Waals surface area (Å²) < 4.78 is 17.0. The molecule has 30 heavy (non-hydrogen) atoms. The second kappa shape index (κ2) is 10.8. The maximum Gasteiger partial charge on any atom is 0.317 e. The molecule has 0 saturated carbocycles. The van der Waals surface area contributed by atoms with E-state index >= 15 is 0 Å². The predicted molar refractivity (Wildman–Crippen MR) is 113 cm³/mol. The van der Waals surface area contributed by atoms with Gasteiger partial charge in [0.15, 0.2) is 17.3 Å². The van der Waals surface area contributed by atoms with Gasteiger partial charge in [-0.05, 0) is 25.5 Å². The normalized spacial score (nSPS) is 14.7. The van der Waals surface area contributed by atoms with E-state index in [1.807, 2.05) is 49.9 Å². The SMILES string of the molecule is CCOc1ccccc1OC1CCN(C(=O)NCCCc2nc(C(C)C)no2)CC1. The van der Waals surface area contributed by atoms with Crippen LogP contribution in [0.4, 0.5) is 4.79 Å². The number of benzene rings is 1. The highest BCUT2D eigenvalue weighted by molar-refractivity contribution is 5.74. The van der Waals surface area contributed by atoms with Crippen molar-refractivity contribution in [3.8, 4) is 11.5 Å².